The van der Waals surface area contributed by atoms with Gasteiger partial charge in [-0.15, -0.1) is 0 Å². The Bertz CT molecular complexity index is 799. The molecule has 1 aliphatic rings. The molecule has 1 aromatic heterocycles. The number of hydrazine groups is 1. The molecule has 1 aromatic carbocycles. The summed E-state index contributed by atoms with van der Waals surface area (Å²) in [5.41, 5.74) is 5.83. The normalized spacial score (nSPS) is 12.6. The van der Waals surface area contributed by atoms with Crippen LogP contribution in [0, 0.1) is 0 Å². The van der Waals surface area contributed by atoms with Gasteiger partial charge < -0.3 is 0 Å². The molecule has 0 atom stereocenters. The van der Waals surface area contributed by atoms with Crippen LogP contribution in [0.3, 0.4) is 0 Å². The smallest absolute Gasteiger partial charge is 0.292 e. The lowest BCUT2D eigenvalue weighted by Gasteiger charge is -2.07. The van der Waals surface area contributed by atoms with Crippen LogP contribution in [0.1, 0.15) is 10.4 Å². The number of pyridine rings is 1. The minimum atomic E-state index is -0.402. The first-order valence-electron chi connectivity index (χ1n) is 5.94. The molecule has 0 radical (unpaired) electrons. The Hall–Kier alpha value is -3.02. The first kappa shape index (κ1) is 12.0. The van der Waals surface area contributed by atoms with Gasteiger partial charge in [-0.05, 0) is 18.2 Å². The van der Waals surface area contributed by atoms with Gasteiger partial charge in [0.2, 0.25) is 0 Å². The average Bonchev–Trinajstić information content (AvgIpc) is 2.81. The van der Waals surface area contributed by atoms with Gasteiger partial charge >= 0.3 is 0 Å². The number of aromatic nitrogens is 1. The molecular weight excluding hydrogens is 256 g/mol. The van der Waals surface area contributed by atoms with Crippen LogP contribution >= 0.6 is 0 Å². The second kappa shape index (κ2) is 4.93. The highest BCUT2D eigenvalue weighted by atomic mass is 16.2. The van der Waals surface area contributed by atoms with E-state index in [4.69, 9.17) is 0 Å². The summed E-state index contributed by atoms with van der Waals surface area (Å²) in [6.45, 7) is 0. The molecule has 6 heteroatoms. The van der Waals surface area contributed by atoms with Gasteiger partial charge in [0.15, 0.2) is 0 Å². The van der Waals surface area contributed by atoms with Gasteiger partial charge in [0.25, 0.3) is 11.8 Å². The summed E-state index contributed by atoms with van der Waals surface area (Å²) in [4.78, 5) is 31.3. The number of rotatable bonds is 3. The van der Waals surface area contributed by atoms with E-state index >= 15 is 0 Å². The van der Waals surface area contributed by atoms with Crippen LogP contribution in [0.15, 0.2) is 53.8 Å². The molecule has 0 aliphatic carbocycles. The van der Waals surface area contributed by atoms with Crippen LogP contribution in [0.5, 0.6) is 0 Å². The van der Waals surface area contributed by atoms with Crippen LogP contribution in [-0.2, 0) is 4.79 Å². The Kier molecular flexibility index (Phi) is 2.96. The summed E-state index contributed by atoms with van der Waals surface area (Å²) >= 11 is 0. The average molecular weight is 266 g/mol. The number of carbonyl (C=O) groups is 2. The second-order valence-electron chi connectivity index (χ2n) is 4.12. The van der Waals surface area contributed by atoms with Crippen molar-refractivity contribution in [2.75, 3.05) is 0 Å². The molecule has 3 rings (SSSR count). The van der Waals surface area contributed by atoms with Crippen LogP contribution in [0.4, 0.5) is 0 Å². The number of para-hydroxylation sites is 1. The van der Waals surface area contributed by atoms with Crippen molar-refractivity contribution in [3.63, 3.8) is 0 Å². The highest BCUT2D eigenvalue weighted by Gasteiger charge is 2.16. The monoisotopic (exact) mass is 266 g/mol. The van der Waals surface area contributed by atoms with Gasteiger partial charge in [-0.1, -0.05) is 18.2 Å². The highest BCUT2D eigenvalue weighted by molar-refractivity contribution is 6.14. The van der Waals surface area contributed by atoms with Crippen molar-refractivity contribution in [2.45, 2.75) is 0 Å². The molecule has 2 amide bonds. The Labute approximate surface area is 113 Å². The van der Waals surface area contributed by atoms with Gasteiger partial charge in [0.1, 0.15) is 5.70 Å². The fraction of sp³-hybridized carbons (Fsp3) is 0. The minimum Gasteiger partial charge on any atom is -0.292 e. The van der Waals surface area contributed by atoms with Crippen molar-refractivity contribution in [3.8, 4) is 0 Å². The topological polar surface area (TPSA) is 83.5 Å². The third-order valence-electron chi connectivity index (χ3n) is 2.85. The van der Waals surface area contributed by atoms with Crippen LogP contribution in [-0.4, -0.2) is 16.8 Å². The van der Waals surface area contributed by atoms with E-state index in [9.17, 15) is 9.59 Å². The van der Waals surface area contributed by atoms with Crippen LogP contribution in [0.25, 0.3) is 5.70 Å². The largest absolute Gasteiger partial charge is 0.296 e. The number of hydrogen-bond acceptors (Lipinski definition) is 4. The zero-order chi connectivity index (χ0) is 13.9. The number of benzene rings is 1. The predicted molar refractivity (Wildman–Crippen MR) is 70.5 cm³/mol. The predicted octanol–water partition coefficient (Wildman–Crippen LogP) is -0.716. The molecule has 0 spiro atoms. The third-order valence-corrected chi connectivity index (χ3v) is 2.85. The summed E-state index contributed by atoms with van der Waals surface area (Å²) in [7, 11) is 0. The Morgan fingerprint density at radius 1 is 1.05 bits per heavy atom. The maximum absolute atomic E-state index is 11.9. The number of hydrogen-bond donors (Lipinski definition) is 2. The van der Waals surface area contributed by atoms with Crippen molar-refractivity contribution in [1.29, 1.82) is 0 Å². The van der Waals surface area contributed by atoms with E-state index in [0.29, 0.717) is 16.1 Å². The van der Waals surface area contributed by atoms with Crippen LogP contribution < -0.4 is 21.4 Å². The number of carbonyl (C=O) groups excluding carboxylic acids is 2. The molecule has 20 heavy (non-hydrogen) atoms. The van der Waals surface area contributed by atoms with E-state index in [2.05, 4.69) is 20.8 Å². The molecule has 0 saturated heterocycles. The lowest BCUT2D eigenvalue weighted by molar-refractivity contribution is -0.113. The van der Waals surface area contributed by atoms with Gasteiger partial charge in [-0.3, -0.25) is 25.4 Å². The lowest BCUT2D eigenvalue weighted by Crippen LogP contribution is -2.40. The summed E-state index contributed by atoms with van der Waals surface area (Å²) < 4.78 is 0. The van der Waals surface area contributed by atoms with Gasteiger partial charge in [-0.25, -0.2) is 4.99 Å². The summed E-state index contributed by atoms with van der Waals surface area (Å²) in [6.07, 6.45) is 3.04. The van der Waals surface area contributed by atoms with Crippen molar-refractivity contribution in [3.05, 3.63) is 64.9 Å². The lowest BCUT2D eigenvalue weighted by atomic mass is 10.2. The summed E-state index contributed by atoms with van der Waals surface area (Å²) in [5, 5.41) is 1.27. The maximum atomic E-state index is 11.9. The van der Waals surface area contributed by atoms with Crippen molar-refractivity contribution in [2.24, 2.45) is 4.99 Å². The molecule has 0 bridgehead atoms. The molecule has 2 N–H and O–H groups in total. The van der Waals surface area contributed by atoms with Crippen molar-refractivity contribution < 1.29 is 9.59 Å². The quantitative estimate of drug-likeness (QED) is 0.718. The van der Waals surface area contributed by atoms with E-state index in [1.54, 1.807) is 36.4 Å². The van der Waals surface area contributed by atoms with E-state index in [0.717, 1.165) is 0 Å². The first-order chi connectivity index (χ1) is 9.75. The molecule has 2 heterocycles. The van der Waals surface area contributed by atoms with Crippen molar-refractivity contribution in [1.82, 2.24) is 15.8 Å². The molecule has 6 nitrogen and oxygen atoms in total. The summed E-state index contributed by atoms with van der Waals surface area (Å²) in [6, 6.07) is 10.3. The number of amides is 2. The second-order valence-corrected chi connectivity index (χ2v) is 4.12. The first-order valence-corrected chi connectivity index (χ1v) is 5.94. The Morgan fingerprint density at radius 2 is 1.80 bits per heavy atom. The number of nitrogens with one attached hydrogen (secondary N) is 2. The molecule has 2 aromatic rings. The highest BCUT2D eigenvalue weighted by Crippen LogP contribution is 1.97. The number of nitrogens with zero attached hydrogens (tertiary/aromatic N) is 2. The fourth-order valence-corrected chi connectivity index (χ4v) is 1.88. The van der Waals surface area contributed by atoms with E-state index in [-0.39, 0.29) is 11.6 Å². The molecule has 0 fully saturated rings. The third kappa shape index (κ3) is 2.14. The van der Waals surface area contributed by atoms with Crippen molar-refractivity contribution >= 4 is 17.5 Å². The summed E-state index contributed by atoms with van der Waals surface area (Å²) in [5.74, 6) is -0.752. The molecule has 1 aliphatic heterocycles. The van der Waals surface area contributed by atoms with E-state index in [1.165, 1.54) is 12.4 Å². The zero-order valence-electron chi connectivity index (χ0n) is 10.3. The van der Waals surface area contributed by atoms with E-state index < -0.39 is 5.91 Å². The van der Waals surface area contributed by atoms with E-state index in [1.807, 2.05) is 0 Å². The molecular formula is C14H10N4O2. The SMILES string of the molecule is O=C1N=c2ccccc2=C1NNC(=O)c1ccncc1. The fourth-order valence-electron chi connectivity index (χ4n) is 1.88. The van der Waals surface area contributed by atoms with Gasteiger partial charge in [0.05, 0.1) is 5.36 Å². The zero-order valence-corrected chi connectivity index (χ0v) is 10.3. The molecule has 98 valence electrons. The standard InChI is InChI=1S/C14H10N4O2/c19-13(9-5-7-15-8-6-9)18-17-12-10-3-1-2-4-11(10)16-14(12)20/h1-8H,(H,18,19)(H,16,17,20). The Morgan fingerprint density at radius 3 is 2.60 bits per heavy atom. The van der Waals surface area contributed by atoms with Gasteiger partial charge in [-0.2, -0.15) is 0 Å². The molecule has 0 unspecified atom stereocenters. The van der Waals surface area contributed by atoms with Crippen LogP contribution in [0.2, 0.25) is 0 Å². The maximum Gasteiger partial charge on any atom is 0.296 e. The van der Waals surface area contributed by atoms with Gasteiger partial charge in [0, 0.05) is 23.2 Å². The Balaban J connectivity index is 1.82. The number of fused-ring (bicyclic) bond motifs is 1. The molecule has 0 saturated carbocycles. The minimum absolute atomic E-state index is 0.267.